The fraction of sp³-hybridized carbons (Fsp3) is 0.250. The molecule has 0 saturated carbocycles. The molecule has 4 heteroatoms. The number of benzene rings is 1. The van der Waals surface area contributed by atoms with E-state index in [0.29, 0.717) is 10.6 Å². The van der Waals surface area contributed by atoms with Crippen LogP contribution in [0.3, 0.4) is 0 Å². The Morgan fingerprint density at radius 3 is 2.67 bits per heavy atom. The van der Waals surface area contributed by atoms with Crippen LogP contribution in [-0.4, -0.2) is 15.9 Å². The molecule has 0 aliphatic rings. The Labute approximate surface area is 73.7 Å². The van der Waals surface area contributed by atoms with E-state index >= 15 is 0 Å². The molecule has 0 spiro atoms. The van der Waals surface area contributed by atoms with Gasteiger partial charge in [-0.1, -0.05) is 6.07 Å². The molecule has 1 unspecified atom stereocenters. The Kier molecular flexibility index (Phi) is 2.83. The molecule has 0 bridgehead atoms. The van der Waals surface area contributed by atoms with Gasteiger partial charge in [0.1, 0.15) is 10.6 Å². The Hall–Kier alpha value is -0.870. The summed E-state index contributed by atoms with van der Waals surface area (Å²) in [6, 6.07) is 5.14. The average Bonchev–Trinajstić information content (AvgIpc) is 2.04. The van der Waals surface area contributed by atoms with E-state index in [1.54, 1.807) is 12.1 Å². The Morgan fingerprint density at radius 1 is 1.50 bits per heavy atom. The van der Waals surface area contributed by atoms with Gasteiger partial charge in [0.15, 0.2) is 11.1 Å². The van der Waals surface area contributed by atoms with Gasteiger partial charge < -0.3 is 9.29 Å². The summed E-state index contributed by atoms with van der Waals surface area (Å²) in [5.74, 6) is 0.446. The lowest BCUT2D eigenvalue weighted by molar-refractivity contribution is 0.402. The molecule has 3 nitrogen and oxygen atoms in total. The summed E-state index contributed by atoms with van der Waals surface area (Å²) in [6.07, 6.45) is 0. The summed E-state index contributed by atoms with van der Waals surface area (Å²) in [5.41, 5.74) is 0.938. The minimum atomic E-state index is -1.98. The summed E-state index contributed by atoms with van der Waals surface area (Å²) in [7, 11) is 1.47. The van der Waals surface area contributed by atoms with Crippen molar-refractivity contribution in [1.82, 2.24) is 0 Å². The van der Waals surface area contributed by atoms with Crippen molar-refractivity contribution in [2.45, 2.75) is 11.8 Å². The van der Waals surface area contributed by atoms with Crippen molar-refractivity contribution in [1.29, 1.82) is 0 Å². The molecule has 1 aromatic rings. The minimum Gasteiger partial charge on any atom is -0.495 e. The minimum absolute atomic E-state index is 0.317. The molecule has 0 heterocycles. The molecule has 12 heavy (non-hydrogen) atoms. The molecule has 0 saturated heterocycles. The van der Waals surface area contributed by atoms with Gasteiger partial charge in [0.25, 0.3) is 0 Å². The van der Waals surface area contributed by atoms with Crippen LogP contribution in [0, 0.1) is 6.92 Å². The van der Waals surface area contributed by atoms with E-state index in [9.17, 15) is 4.21 Å². The zero-order valence-corrected chi connectivity index (χ0v) is 7.72. The van der Waals surface area contributed by atoms with Crippen LogP contribution < -0.4 is 4.74 Å². The summed E-state index contributed by atoms with van der Waals surface area (Å²) < 4.78 is 24.5. The van der Waals surface area contributed by atoms with Crippen molar-refractivity contribution in [2.24, 2.45) is 0 Å². The monoisotopic (exact) mass is 186 g/mol. The molecule has 1 rings (SSSR count). The van der Waals surface area contributed by atoms with Gasteiger partial charge in [-0.2, -0.15) is 0 Å². The Bertz CT molecular complexity index is 309. The second-order valence-corrected chi connectivity index (χ2v) is 3.34. The standard InChI is InChI=1S/C8H10O3S/c1-6-3-4-7(11-2)8(5-6)12(9)10/h3-5H,1-2H3,(H,9,10). The molecule has 66 valence electrons. The average molecular weight is 186 g/mol. The third-order valence-electron chi connectivity index (χ3n) is 1.51. The molecule has 1 atom stereocenters. The molecular formula is C8H10O3S. The zero-order valence-electron chi connectivity index (χ0n) is 6.90. The van der Waals surface area contributed by atoms with Crippen LogP contribution >= 0.6 is 0 Å². The second-order valence-electron chi connectivity index (χ2n) is 2.40. The summed E-state index contributed by atoms with van der Waals surface area (Å²) in [4.78, 5) is 0.317. The first-order valence-corrected chi connectivity index (χ1v) is 4.51. The van der Waals surface area contributed by atoms with Crippen molar-refractivity contribution < 1.29 is 13.5 Å². The van der Waals surface area contributed by atoms with Crippen LogP contribution in [0.25, 0.3) is 0 Å². The first-order valence-electron chi connectivity index (χ1n) is 3.40. The van der Waals surface area contributed by atoms with Crippen LogP contribution in [0.1, 0.15) is 5.56 Å². The maximum Gasteiger partial charge on any atom is 0.190 e. The van der Waals surface area contributed by atoms with Crippen molar-refractivity contribution in [2.75, 3.05) is 7.11 Å². The predicted molar refractivity (Wildman–Crippen MR) is 46.8 cm³/mol. The zero-order chi connectivity index (χ0) is 9.14. The Morgan fingerprint density at radius 2 is 2.17 bits per heavy atom. The van der Waals surface area contributed by atoms with Crippen LogP contribution in [0.15, 0.2) is 23.1 Å². The summed E-state index contributed by atoms with van der Waals surface area (Å²) in [5, 5.41) is 0. The topological polar surface area (TPSA) is 46.5 Å². The van der Waals surface area contributed by atoms with Crippen molar-refractivity contribution in [3.05, 3.63) is 23.8 Å². The van der Waals surface area contributed by atoms with E-state index in [4.69, 9.17) is 9.29 Å². The number of rotatable bonds is 2. The maximum absolute atomic E-state index is 10.8. The van der Waals surface area contributed by atoms with Gasteiger partial charge in [0.2, 0.25) is 0 Å². The first-order chi connectivity index (χ1) is 5.65. The highest BCUT2D eigenvalue weighted by Gasteiger charge is 2.07. The summed E-state index contributed by atoms with van der Waals surface area (Å²) in [6.45, 7) is 1.86. The number of hydrogen-bond acceptors (Lipinski definition) is 2. The van der Waals surface area contributed by atoms with Crippen LogP contribution in [-0.2, 0) is 11.1 Å². The van der Waals surface area contributed by atoms with E-state index < -0.39 is 11.1 Å². The van der Waals surface area contributed by atoms with Gasteiger partial charge in [0.05, 0.1) is 7.11 Å². The quantitative estimate of drug-likeness (QED) is 0.713. The molecule has 0 aliphatic carbocycles. The van der Waals surface area contributed by atoms with Crippen LogP contribution in [0.4, 0.5) is 0 Å². The van der Waals surface area contributed by atoms with E-state index in [1.807, 2.05) is 13.0 Å². The van der Waals surface area contributed by atoms with Crippen LogP contribution in [0.2, 0.25) is 0 Å². The van der Waals surface area contributed by atoms with Gasteiger partial charge >= 0.3 is 0 Å². The predicted octanol–water partition coefficient (Wildman–Crippen LogP) is 1.58. The molecule has 0 aromatic heterocycles. The first kappa shape index (κ1) is 9.22. The number of hydrogen-bond donors (Lipinski definition) is 1. The lowest BCUT2D eigenvalue weighted by Gasteiger charge is -2.04. The molecule has 1 aromatic carbocycles. The molecule has 0 aliphatic heterocycles. The lowest BCUT2D eigenvalue weighted by atomic mass is 10.2. The SMILES string of the molecule is COc1ccc(C)cc1S(=O)O. The van der Waals surface area contributed by atoms with Crippen molar-refractivity contribution >= 4 is 11.1 Å². The van der Waals surface area contributed by atoms with Gasteiger partial charge in [-0.3, -0.25) is 0 Å². The van der Waals surface area contributed by atoms with Gasteiger partial charge in [-0.05, 0) is 24.6 Å². The van der Waals surface area contributed by atoms with E-state index in [2.05, 4.69) is 0 Å². The molecule has 0 fully saturated rings. The van der Waals surface area contributed by atoms with Crippen molar-refractivity contribution in [3.63, 3.8) is 0 Å². The van der Waals surface area contributed by atoms with Gasteiger partial charge in [-0.15, -0.1) is 0 Å². The van der Waals surface area contributed by atoms with Crippen molar-refractivity contribution in [3.8, 4) is 5.75 Å². The largest absolute Gasteiger partial charge is 0.495 e. The lowest BCUT2D eigenvalue weighted by Crippen LogP contribution is -1.94. The highest BCUT2D eigenvalue weighted by atomic mass is 32.2. The van der Waals surface area contributed by atoms with E-state index in [0.717, 1.165) is 5.56 Å². The Balaban J connectivity index is 3.21. The van der Waals surface area contributed by atoms with Gasteiger partial charge in [-0.25, -0.2) is 4.21 Å². The highest BCUT2D eigenvalue weighted by Crippen LogP contribution is 2.21. The number of aryl methyl sites for hydroxylation is 1. The fourth-order valence-corrected chi connectivity index (χ4v) is 1.53. The normalized spacial score (nSPS) is 12.6. The molecular weight excluding hydrogens is 176 g/mol. The second kappa shape index (κ2) is 3.69. The van der Waals surface area contributed by atoms with E-state index in [-0.39, 0.29) is 0 Å². The number of ether oxygens (including phenoxy) is 1. The van der Waals surface area contributed by atoms with Crippen LogP contribution in [0.5, 0.6) is 5.75 Å². The molecule has 0 amide bonds. The van der Waals surface area contributed by atoms with Gasteiger partial charge in [0, 0.05) is 0 Å². The third-order valence-corrected chi connectivity index (χ3v) is 2.20. The third kappa shape index (κ3) is 1.84. The molecule has 1 N–H and O–H groups in total. The molecule has 0 radical (unpaired) electrons. The summed E-state index contributed by atoms with van der Waals surface area (Å²) >= 11 is -1.98. The number of methoxy groups -OCH3 is 1. The van der Waals surface area contributed by atoms with E-state index in [1.165, 1.54) is 7.11 Å². The smallest absolute Gasteiger partial charge is 0.190 e. The highest BCUT2D eigenvalue weighted by molar-refractivity contribution is 7.79. The fourth-order valence-electron chi connectivity index (χ4n) is 0.920. The maximum atomic E-state index is 10.8.